The molecule has 0 amide bonds. The van der Waals surface area contributed by atoms with Crippen LogP contribution in [0, 0.1) is 0 Å². The number of rotatable bonds is 38. The average Bonchev–Trinajstić information content (AvgIpc) is 3.07. The highest BCUT2D eigenvalue weighted by molar-refractivity contribution is 7.50. The van der Waals surface area contributed by atoms with Gasteiger partial charge >= 0.3 is 7.75 Å². The first-order chi connectivity index (χ1) is 23.6. The Bertz CT molecular complexity index is 870. The summed E-state index contributed by atoms with van der Waals surface area (Å²) in [6.45, 7) is 3.71. The molecule has 0 aliphatic heterocycles. The molecule has 0 aliphatic rings. The van der Waals surface area contributed by atoms with Crippen molar-refractivity contribution in [2.24, 2.45) is 0 Å². The van der Waals surface area contributed by atoms with E-state index in [0.29, 0.717) is 12.8 Å². The lowest BCUT2D eigenvalue weighted by molar-refractivity contribution is -0.187. The number of aliphatic hydroxyl groups excluding tert-OH is 2. The molecule has 3 unspecified atom stereocenters. The molecule has 0 heterocycles. The minimum absolute atomic E-state index is 0.0824. The molecule has 0 aromatic carbocycles. The molecule has 9 nitrogen and oxygen atoms in total. The number of aliphatic hydroxyl groups is 3. The second-order valence-corrected chi connectivity index (χ2v) is 15.6. The molecule has 0 aromatic rings. The molecule has 49 heavy (non-hydrogen) atoms. The minimum Gasteiger partial charge on any atom is -0.395 e. The summed E-state index contributed by atoms with van der Waals surface area (Å²) in [7, 11) is -4.65. The quantitative estimate of drug-likeness (QED) is 0.0182. The van der Waals surface area contributed by atoms with Crippen molar-refractivity contribution in [1.29, 1.82) is 0 Å². The molecule has 3 atom stereocenters. The number of ketones is 2. The van der Waals surface area contributed by atoms with E-state index in [2.05, 4.69) is 31.1 Å². The predicted octanol–water partition coefficient (Wildman–Crippen LogP) is 9.78. The van der Waals surface area contributed by atoms with E-state index in [4.69, 9.17) is 9.63 Å². The summed E-state index contributed by atoms with van der Waals surface area (Å²) in [5.74, 6) is -1.18. The zero-order valence-electron chi connectivity index (χ0n) is 31.5. The number of hydrogen-bond acceptors (Lipinski definition) is 7. The molecular weight excluding hydrogens is 641 g/mol. The number of unbranched alkanes of at least 4 members (excludes halogenated alkanes) is 23. The summed E-state index contributed by atoms with van der Waals surface area (Å²) >= 11 is 0. The molecule has 0 saturated carbocycles. The van der Waals surface area contributed by atoms with Gasteiger partial charge in [0.05, 0.1) is 6.61 Å². The maximum Gasteiger partial charge on any atom is 0.405 e. The molecule has 290 valence electrons. The van der Waals surface area contributed by atoms with Gasteiger partial charge in [-0.1, -0.05) is 154 Å². The number of carbonyl (C=O) groups is 2. The second kappa shape index (κ2) is 32.9. The molecule has 10 heteroatoms. The van der Waals surface area contributed by atoms with Crippen LogP contribution in [0.15, 0.2) is 12.2 Å². The number of hydrogen-bond donors (Lipinski definition) is 5. The number of allylic oxidation sites excluding steroid dienone is 2. The van der Waals surface area contributed by atoms with Crippen molar-refractivity contribution in [3.8, 4) is 0 Å². The van der Waals surface area contributed by atoms with Crippen LogP contribution in [0.25, 0.3) is 0 Å². The van der Waals surface area contributed by atoms with Crippen LogP contribution in [-0.4, -0.2) is 56.8 Å². The van der Waals surface area contributed by atoms with E-state index in [1.165, 1.54) is 96.3 Å². The fraction of sp³-hybridized carbons (Fsp3) is 0.897. The van der Waals surface area contributed by atoms with Gasteiger partial charge in [0.15, 0.2) is 11.4 Å². The summed E-state index contributed by atoms with van der Waals surface area (Å²) in [4.78, 5) is 36.0. The Kier molecular flexibility index (Phi) is 32.3. The molecule has 0 spiro atoms. The monoisotopic (exact) mass is 718 g/mol. The third-order valence-electron chi connectivity index (χ3n) is 9.25. The smallest absolute Gasteiger partial charge is 0.395 e. The fourth-order valence-corrected chi connectivity index (χ4v) is 6.98. The van der Waals surface area contributed by atoms with E-state index in [-0.39, 0.29) is 19.4 Å². The van der Waals surface area contributed by atoms with Crippen molar-refractivity contribution in [3.05, 3.63) is 12.2 Å². The van der Waals surface area contributed by atoms with E-state index in [9.17, 15) is 29.3 Å². The van der Waals surface area contributed by atoms with Crippen LogP contribution in [0.4, 0.5) is 0 Å². The maximum absolute atomic E-state index is 13.2. The van der Waals surface area contributed by atoms with Gasteiger partial charge in [-0.25, -0.2) is 9.65 Å². The number of carbonyl (C=O) groups excluding carboxylic acids is 2. The maximum atomic E-state index is 13.2. The van der Waals surface area contributed by atoms with Crippen LogP contribution in [-0.2, 0) is 18.7 Å². The Morgan fingerprint density at radius 1 is 0.673 bits per heavy atom. The third-order valence-corrected chi connectivity index (χ3v) is 10.4. The Balaban J connectivity index is 4.55. The SMILES string of the molecule is CCCCCCCC/C=C\CCCCCCCC(=O)C(O)(CC(=O)CCCCCCCCCCCCCCC)C(O)OP(=O)(O)NCCO. The Hall–Kier alpha value is -0.930. The molecule has 0 rings (SSSR count). The highest BCUT2D eigenvalue weighted by Gasteiger charge is 2.47. The molecule has 0 bridgehead atoms. The van der Waals surface area contributed by atoms with Crippen molar-refractivity contribution in [2.75, 3.05) is 13.2 Å². The molecule has 0 radical (unpaired) electrons. The van der Waals surface area contributed by atoms with Crippen LogP contribution in [0.2, 0.25) is 0 Å². The van der Waals surface area contributed by atoms with Crippen LogP contribution < -0.4 is 5.09 Å². The van der Waals surface area contributed by atoms with Crippen LogP contribution in [0.5, 0.6) is 0 Å². The molecular formula is C39H76NO8P. The van der Waals surface area contributed by atoms with Gasteiger partial charge in [0, 0.05) is 25.8 Å². The first kappa shape index (κ1) is 48.1. The van der Waals surface area contributed by atoms with Crippen LogP contribution >= 0.6 is 7.75 Å². The topological polar surface area (TPSA) is 153 Å². The molecule has 0 saturated heterocycles. The summed E-state index contributed by atoms with van der Waals surface area (Å²) < 4.78 is 17.1. The van der Waals surface area contributed by atoms with Crippen molar-refractivity contribution >= 4 is 19.3 Å². The molecule has 0 aliphatic carbocycles. The van der Waals surface area contributed by atoms with E-state index >= 15 is 0 Å². The average molecular weight is 718 g/mol. The van der Waals surface area contributed by atoms with Crippen molar-refractivity contribution in [3.63, 3.8) is 0 Å². The normalized spacial score (nSPS) is 15.0. The lowest BCUT2D eigenvalue weighted by atomic mass is 9.87. The summed E-state index contributed by atoms with van der Waals surface area (Å²) in [5, 5.41) is 32.9. The highest BCUT2D eigenvalue weighted by atomic mass is 31.2. The van der Waals surface area contributed by atoms with Gasteiger partial charge in [0.2, 0.25) is 6.29 Å². The van der Waals surface area contributed by atoms with Gasteiger partial charge in [-0.3, -0.25) is 14.1 Å². The van der Waals surface area contributed by atoms with E-state index < -0.39 is 44.2 Å². The Morgan fingerprint density at radius 2 is 1.06 bits per heavy atom. The lowest BCUT2D eigenvalue weighted by Gasteiger charge is -2.32. The largest absolute Gasteiger partial charge is 0.405 e. The van der Waals surface area contributed by atoms with Gasteiger partial charge in [-0.05, 0) is 38.5 Å². The van der Waals surface area contributed by atoms with Crippen LogP contribution in [0.1, 0.15) is 200 Å². The number of nitrogens with one attached hydrogen (secondary N) is 1. The van der Waals surface area contributed by atoms with Crippen molar-refractivity contribution in [1.82, 2.24) is 5.09 Å². The van der Waals surface area contributed by atoms with Crippen molar-refractivity contribution in [2.45, 2.75) is 212 Å². The third kappa shape index (κ3) is 28.4. The zero-order valence-corrected chi connectivity index (χ0v) is 32.4. The lowest BCUT2D eigenvalue weighted by Crippen LogP contribution is -2.52. The van der Waals surface area contributed by atoms with Crippen LogP contribution in [0.3, 0.4) is 0 Å². The molecule has 5 N–H and O–H groups in total. The summed E-state index contributed by atoms with van der Waals surface area (Å²) in [6, 6.07) is 0. The van der Waals surface area contributed by atoms with Gasteiger partial charge in [0.25, 0.3) is 0 Å². The summed E-state index contributed by atoms with van der Waals surface area (Å²) in [5.41, 5.74) is -2.63. The highest BCUT2D eigenvalue weighted by Crippen LogP contribution is 2.41. The number of Topliss-reactive ketones (excluding diaryl/α,β-unsaturated/α-hetero) is 2. The first-order valence-electron chi connectivity index (χ1n) is 20.1. The standard InChI is InChI=1S/C39H76NO8P/c1-3-5-7-9-11-13-15-17-18-20-22-24-26-28-30-32-37(43)39(45,38(44)48-49(46,47)40-33-34-41)35-36(42)31-29-27-25-23-21-19-16-14-12-10-8-6-4-2/h17-18,38,41,44-45H,3-16,19-35H2,1-2H3,(H2,40,46,47)/b18-17-. The van der Waals surface area contributed by atoms with E-state index in [0.717, 1.165) is 57.8 Å². The van der Waals surface area contributed by atoms with Gasteiger partial charge in [-0.15, -0.1) is 0 Å². The molecule has 0 aromatic heterocycles. The zero-order chi connectivity index (χ0) is 36.5. The minimum atomic E-state index is -4.65. The first-order valence-corrected chi connectivity index (χ1v) is 21.7. The second-order valence-electron chi connectivity index (χ2n) is 14.0. The molecule has 0 fully saturated rings. The predicted molar refractivity (Wildman–Crippen MR) is 201 cm³/mol. The van der Waals surface area contributed by atoms with Crippen molar-refractivity contribution < 1.29 is 38.9 Å². The van der Waals surface area contributed by atoms with E-state index in [1.54, 1.807) is 0 Å². The van der Waals surface area contributed by atoms with Gasteiger partial charge in [-0.2, -0.15) is 0 Å². The van der Waals surface area contributed by atoms with Gasteiger partial charge in [0.1, 0.15) is 5.78 Å². The summed E-state index contributed by atoms with van der Waals surface area (Å²) in [6.07, 6.45) is 30.9. The fourth-order valence-electron chi connectivity index (χ4n) is 6.08. The van der Waals surface area contributed by atoms with E-state index in [1.807, 2.05) is 0 Å². The van der Waals surface area contributed by atoms with Gasteiger partial charge < -0.3 is 20.2 Å². The Labute approximate surface area is 300 Å². The Morgan fingerprint density at radius 3 is 1.49 bits per heavy atom.